The van der Waals surface area contributed by atoms with Crippen molar-refractivity contribution in [2.24, 2.45) is 11.8 Å². The van der Waals surface area contributed by atoms with Crippen LogP contribution >= 0.6 is 0 Å². The lowest BCUT2D eigenvalue weighted by atomic mass is 9.88. The maximum atomic E-state index is 12.4. The van der Waals surface area contributed by atoms with Crippen LogP contribution < -0.4 is 0 Å². The molecule has 1 aromatic heterocycles. The van der Waals surface area contributed by atoms with E-state index in [1.807, 2.05) is 4.90 Å². The quantitative estimate of drug-likeness (QED) is 0.855. The molecule has 0 bridgehead atoms. The lowest BCUT2D eigenvalue weighted by Gasteiger charge is -2.35. The number of carbonyl (C=O) groups excluding carboxylic acids is 1. The van der Waals surface area contributed by atoms with Crippen LogP contribution in [0.3, 0.4) is 0 Å². The molecule has 3 saturated heterocycles. The molecule has 1 aromatic rings. The highest BCUT2D eigenvalue weighted by molar-refractivity contribution is 5.94. The Bertz CT molecular complexity index is 510. The van der Waals surface area contributed by atoms with Gasteiger partial charge in [0, 0.05) is 32.8 Å². The number of fused-ring (bicyclic) bond motifs is 1. The first kappa shape index (κ1) is 14.3. The molecule has 5 heteroatoms. The van der Waals surface area contributed by atoms with Gasteiger partial charge in [-0.05, 0) is 43.7 Å². The van der Waals surface area contributed by atoms with E-state index in [0.29, 0.717) is 23.5 Å². The van der Waals surface area contributed by atoms with Crippen LogP contribution in [-0.2, 0) is 4.74 Å². The van der Waals surface area contributed by atoms with Gasteiger partial charge in [-0.15, -0.1) is 0 Å². The second-order valence-corrected chi connectivity index (χ2v) is 6.93. The van der Waals surface area contributed by atoms with Crippen molar-refractivity contribution in [1.82, 2.24) is 9.80 Å². The number of rotatable bonds is 3. The Balaban J connectivity index is 1.34. The van der Waals surface area contributed by atoms with Crippen molar-refractivity contribution in [2.75, 3.05) is 39.3 Å². The summed E-state index contributed by atoms with van der Waals surface area (Å²) in [7, 11) is 0. The van der Waals surface area contributed by atoms with E-state index in [9.17, 15) is 4.79 Å². The summed E-state index contributed by atoms with van der Waals surface area (Å²) in [5.41, 5.74) is 0.676. The Morgan fingerprint density at radius 3 is 2.91 bits per heavy atom. The summed E-state index contributed by atoms with van der Waals surface area (Å²) in [5, 5.41) is 0. The Hall–Kier alpha value is -1.33. The average molecular weight is 304 g/mol. The maximum Gasteiger partial charge on any atom is 0.257 e. The minimum Gasteiger partial charge on any atom is -0.472 e. The van der Waals surface area contributed by atoms with Gasteiger partial charge in [-0.25, -0.2) is 0 Å². The normalized spacial score (nSPS) is 32.4. The molecule has 22 heavy (non-hydrogen) atoms. The highest BCUT2D eigenvalue weighted by Crippen LogP contribution is 2.32. The molecule has 3 aliphatic rings. The van der Waals surface area contributed by atoms with Crippen molar-refractivity contribution >= 4 is 5.91 Å². The molecule has 0 saturated carbocycles. The number of hydrogen-bond acceptors (Lipinski definition) is 4. The predicted octanol–water partition coefficient (Wildman–Crippen LogP) is 1.85. The van der Waals surface area contributed by atoms with Gasteiger partial charge in [0.2, 0.25) is 0 Å². The van der Waals surface area contributed by atoms with Crippen LogP contribution in [0.4, 0.5) is 0 Å². The topological polar surface area (TPSA) is 45.9 Å². The van der Waals surface area contributed by atoms with Crippen molar-refractivity contribution in [3.8, 4) is 0 Å². The van der Waals surface area contributed by atoms with Crippen molar-refractivity contribution < 1.29 is 13.9 Å². The molecule has 4 rings (SSSR count). The van der Waals surface area contributed by atoms with Crippen molar-refractivity contribution in [3.63, 3.8) is 0 Å². The molecule has 0 N–H and O–H groups in total. The van der Waals surface area contributed by atoms with Gasteiger partial charge in [0.05, 0.1) is 17.9 Å². The summed E-state index contributed by atoms with van der Waals surface area (Å²) in [6, 6.07) is 1.76. The first-order valence-electron chi connectivity index (χ1n) is 8.45. The summed E-state index contributed by atoms with van der Waals surface area (Å²) in [4.78, 5) is 17.0. The summed E-state index contributed by atoms with van der Waals surface area (Å²) in [5.74, 6) is 1.40. The van der Waals surface area contributed by atoms with Crippen LogP contribution in [0.2, 0.25) is 0 Å². The van der Waals surface area contributed by atoms with Gasteiger partial charge in [0.25, 0.3) is 5.91 Å². The number of amides is 1. The molecule has 120 valence electrons. The third-order valence-electron chi connectivity index (χ3n) is 5.43. The molecule has 0 aromatic carbocycles. The fourth-order valence-corrected chi connectivity index (χ4v) is 4.22. The summed E-state index contributed by atoms with van der Waals surface area (Å²) >= 11 is 0. The van der Waals surface area contributed by atoms with Crippen LogP contribution in [-0.4, -0.2) is 61.1 Å². The van der Waals surface area contributed by atoms with E-state index in [2.05, 4.69) is 4.90 Å². The second-order valence-electron chi connectivity index (χ2n) is 6.93. The Morgan fingerprint density at radius 1 is 1.23 bits per heavy atom. The molecule has 1 amide bonds. The van der Waals surface area contributed by atoms with Crippen LogP contribution in [0.1, 0.15) is 29.6 Å². The van der Waals surface area contributed by atoms with Crippen LogP contribution in [0.25, 0.3) is 0 Å². The Kier molecular flexibility index (Phi) is 3.92. The molecule has 1 unspecified atom stereocenters. The van der Waals surface area contributed by atoms with E-state index in [1.165, 1.54) is 19.3 Å². The minimum absolute atomic E-state index is 0.119. The van der Waals surface area contributed by atoms with E-state index in [1.54, 1.807) is 18.6 Å². The number of likely N-dealkylation sites (tertiary alicyclic amines) is 2. The van der Waals surface area contributed by atoms with Gasteiger partial charge in [0.15, 0.2) is 0 Å². The monoisotopic (exact) mass is 304 g/mol. The number of piperidine rings is 1. The zero-order valence-electron chi connectivity index (χ0n) is 12.9. The number of ether oxygens (including phenoxy) is 1. The predicted molar refractivity (Wildman–Crippen MR) is 81.6 cm³/mol. The van der Waals surface area contributed by atoms with Gasteiger partial charge in [0.1, 0.15) is 6.26 Å². The number of furan rings is 1. The first-order valence-corrected chi connectivity index (χ1v) is 8.45. The molecule has 0 aliphatic carbocycles. The maximum absolute atomic E-state index is 12.4. The molecular weight excluding hydrogens is 280 g/mol. The lowest BCUT2D eigenvalue weighted by Crippen LogP contribution is -2.43. The second kappa shape index (κ2) is 6.05. The molecule has 5 nitrogen and oxygen atoms in total. The number of nitrogens with zero attached hydrogens (tertiary/aromatic N) is 2. The van der Waals surface area contributed by atoms with E-state index in [4.69, 9.17) is 9.15 Å². The fraction of sp³-hybridized carbons (Fsp3) is 0.706. The van der Waals surface area contributed by atoms with E-state index >= 15 is 0 Å². The summed E-state index contributed by atoms with van der Waals surface area (Å²) < 4.78 is 10.8. The summed E-state index contributed by atoms with van der Waals surface area (Å²) in [6.45, 7) is 6.05. The number of hydrogen-bond donors (Lipinski definition) is 0. The number of carbonyl (C=O) groups is 1. The van der Waals surface area contributed by atoms with Crippen molar-refractivity contribution in [2.45, 2.75) is 25.4 Å². The van der Waals surface area contributed by atoms with Gasteiger partial charge in [-0.2, -0.15) is 0 Å². The summed E-state index contributed by atoms with van der Waals surface area (Å²) in [6.07, 6.45) is 7.16. The zero-order chi connectivity index (χ0) is 14.9. The van der Waals surface area contributed by atoms with Crippen LogP contribution in [0, 0.1) is 11.8 Å². The minimum atomic E-state index is 0.119. The van der Waals surface area contributed by atoms with E-state index in [-0.39, 0.29) is 5.91 Å². The highest BCUT2D eigenvalue weighted by Gasteiger charge is 2.39. The average Bonchev–Trinajstić information content (AvgIpc) is 3.27. The van der Waals surface area contributed by atoms with Gasteiger partial charge in [-0.3, -0.25) is 4.79 Å². The van der Waals surface area contributed by atoms with Crippen LogP contribution in [0.15, 0.2) is 23.0 Å². The molecule has 0 radical (unpaired) electrons. The Labute approximate surface area is 131 Å². The highest BCUT2D eigenvalue weighted by atomic mass is 16.5. The van der Waals surface area contributed by atoms with Crippen molar-refractivity contribution in [1.29, 1.82) is 0 Å². The van der Waals surface area contributed by atoms with E-state index < -0.39 is 0 Å². The third-order valence-corrected chi connectivity index (χ3v) is 5.43. The molecule has 3 fully saturated rings. The van der Waals surface area contributed by atoms with Crippen molar-refractivity contribution in [3.05, 3.63) is 24.2 Å². The largest absolute Gasteiger partial charge is 0.472 e. The standard InChI is InChI=1S/C17H24N2O3/c20-17(14-4-7-21-12-14)19-9-13-3-5-18(8-15(13)10-19)11-16-2-1-6-22-16/h4,7,12-13,15-16H,1-3,5-6,8-11H2/t13-,15+,16?/m0/s1. The smallest absolute Gasteiger partial charge is 0.257 e. The zero-order valence-corrected chi connectivity index (χ0v) is 12.9. The van der Waals surface area contributed by atoms with Crippen LogP contribution in [0.5, 0.6) is 0 Å². The first-order chi connectivity index (χ1) is 10.8. The lowest BCUT2D eigenvalue weighted by molar-refractivity contribution is 0.0506. The van der Waals surface area contributed by atoms with Gasteiger partial charge >= 0.3 is 0 Å². The third kappa shape index (κ3) is 2.79. The molecule has 0 spiro atoms. The van der Waals surface area contributed by atoms with Gasteiger partial charge in [-0.1, -0.05) is 0 Å². The SMILES string of the molecule is O=C(c1ccoc1)N1C[C@H]2CN(CC3CCCO3)CC[C@H]2C1. The van der Waals surface area contributed by atoms with Gasteiger partial charge < -0.3 is 19.0 Å². The molecule has 3 atom stereocenters. The Morgan fingerprint density at radius 2 is 2.14 bits per heavy atom. The molecule has 4 heterocycles. The molecule has 3 aliphatic heterocycles. The van der Waals surface area contributed by atoms with E-state index in [0.717, 1.165) is 39.3 Å². The molecular formula is C17H24N2O3. The fourth-order valence-electron chi connectivity index (χ4n) is 4.22.